The van der Waals surface area contributed by atoms with E-state index >= 15 is 0 Å². The average Bonchev–Trinajstić information content (AvgIpc) is 2.63. The van der Waals surface area contributed by atoms with E-state index in [4.69, 9.17) is 11.6 Å². The minimum absolute atomic E-state index is 0.190. The number of thioether (sulfide) groups is 1. The van der Waals surface area contributed by atoms with Gasteiger partial charge in [0.15, 0.2) is 5.17 Å². The van der Waals surface area contributed by atoms with Crippen molar-refractivity contribution in [3.8, 4) is 0 Å². The Morgan fingerprint density at radius 2 is 2.19 bits per heavy atom. The van der Waals surface area contributed by atoms with Gasteiger partial charge in [0.1, 0.15) is 5.70 Å². The molecular formula is C11H9ClN2OS. The van der Waals surface area contributed by atoms with Crippen molar-refractivity contribution >= 4 is 40.5 Å². The summed E-state index contributed by atoms with van der Waals surface area (Å²) in [6, 6.07) is 7.33. The monoisotopic (exact) mass is 252 g/mol. The van der Waals surface area contributed by atoms with E-state index in [1.54, 1.807) is 12.1 Å². The predicted octanol–water partition coefficient (Wildman–Crippen LogP) is 2.53. The first kappa shape index (κ1) is 11.2. The highest BCUT2D eigenvalue weighted by atomic mass is 35.5. The zero-order valence-electron chi connectivity index (χ0n) is 8.53. The van der Waals surface area contributed by atoms with Crippen LogP contribution in [0.4, 0.5) is 0 Å². The number of amides is 1. The number of carbonyl (C=O) groups excluding carboxylic acids is 1. The van der Waals surface area contributed by atoms with Gasteiger partial charge >= 0.3 is 0 Å². The number of hydrogen-bond acceptors (Lipinski definition) is 3. The maximum atomic E-state index is 11.5. The SMILES string of the molecule is CSC1=NC(=Cc2ccccc2Cl)C(=O)N1. The van der Waals surface area contributed by atoms with Crippen LogP contribution in [-0.4, -0.2) is 17.3 Å². The lowest BCUT2D eigenvalue weighted by atomic mass is 10.2. The van der Waals surface area contributed by atoms with E-state index in [-0.39, 0.29) is 5.91 Å². The van der Waals surface area contributed by atoms with Gasteiger partial charge in [0.05, 0.1) is 0 Å². The van der Waals surface area contributed by atoms with Crippen molar-refractivity contribution < 1.29 is 4.79 Å². The van der Waals surface area contributed by atoms with Gasteiger partial charge in [-0.1, -0.05) is 41.6 Å². The summed E-state index contributed by atoms with van der Waals surface area (Å²) in [5.74, 6) is -0.190. The first-order chi connectivity index (χ1) is 7.70. The number of aliphatic imine (C=N–C) groups is 1. The summed E-state index contributed by atoms with van der Waals surface area (Å²) in [7, 11) is 0. The number of nitrogens with one attached hydrogen (secondary N) is 1. The van der Waals surface area contributed by atoms with Gasteiger partial charge in [-0.3, -0.25) is 10.1 Å². The second-order valence-corrected chi connectivity index (χ2v) is 4.33. The van der Waals surface area contributed by atoms with E-state index in [1.807, 2.05) is 24.5 Å². The first-order valence-corrected chi connectivity index (χ1v) is 6.21. The largest absolute Gasteiger partial charge is 0.300 e. The highest BCUT2D eigenvalue weighted by molar-refractivity contribution is 8.13. The van der Waals surface area contributed by atoms with Gasteiger partial charge in [0.25, 0.3) is 5.91 Å². The van der Waals surface area contributed by atoms with E-state index < -0.39 is 0 Å². The molecule has 1 aliphatic heterocycles. The Hall–Kier alpha value is -1.26. The number of nitrogens with zero attached hydrogens (tertiary/aromatic N) is 1. The molecule has 1 aromatic carbocycles. The number of rotatable bonds is 1. The molecule has 1 N–H and O–H groups in total. The molecule has 0 saturated heterocycles. The number of amidine groups is 1. The van der Waals surface area contributed by atoms with Crippen molar-refractivity contribution in [1.82, 2.24) is 5.32 Å². The van der Waals surface area contributed by atoms with Crippen molar-refractivity contribution in [3.05, 3.63) is 40.5 Å². The molecule has 0 saturated carbocycles. The van der Waals surface area contributed by atoms with E-state index in [1.165, 1.54) is 11.8 Å². The van der Waals surface area contributed by atoms with Gasteiger partial charge in [-0.15, -0.1) is 0 Å². The summed E-state index contributed by atoms with van der Waals surface area (Å²) in [4.78, 5) is 15.7. The Bertz CT molecular complexity index is 497. The third kappa shape index (κ3) is 2.28. The minimum atomic E-state index is -0.190. The highest BCUT2D eigenvalue weighted by Gasteiger charge is 2.19. The van der Waals surface area contributed by atoms with Gasteiger partial charge in [-0.05, 0) is 24.0 Å². The predicted molar refractivity (Wildman–Crippen MR) is 68.5 cm³/mol. The maximum absolute atomic E-state index is 11.5. The Labute approximate surface area is 103 Å². The molecular weight excluding hydrogens is 244 g/mol. The molecule has 0 radical (unpaired) electrons. The molecule has 16 heavy (non-hydrogen) atoms. The molecule has 0 aromatic heterocycles. The molecule has 82 valence electrons. The first-order valence-electron chi connectivity index (χ1n) is 4.61. The zero-order valence-corrected chi connectivity index (χ0v) is 10.1. The van der Waals surface area contributed by atoms with Crippen LogP contribution in [0.25, 0.3) is 6.08 Å². The second kappa shape index (κ2) is 4.72. The van der Waals surface area contributed by atoms with Gasteiger partial charge in [-0.25, -0.2) is 4.99 Å². The Morgan fingerprint density at radius 3 is 2.81 bits per heavy atom. The summed E-state index contributed by atoms with van der Waals surface area (Å²) in [5, 5.41) is 3.88. The van der Waals surface area contributed by atoms with E-state index in [0.717, 1.165) is 5.56 Å². The van der Waals surface area contributed by atoms with Gasteiger partial charge in [0, 0.05) is 5.02 Å². The molecule has 0 aliphatic carbocycles. The van der Waals surface area contributed by atoms with Crippen molar-refractivity contribution in [3.63, 3.8) is 0 Å². The molecule has 1 aromatic rings. The van der Waals surface area contributed by atoms with Crippen molar-refractivity contribution in [2.75, 3.05) is 6.26 Å². The van der Waals surface area contributed by atoms with E-state index in [9.17, 15) is 4.79 Å². The molecule has 5 heteroatoms. The number of benzene rings is 1. The summed E-state index contributed by atoms with van der Waals surface area (Å²) in [6.07, 6.45) is 3.54. The Morgan fingerprint density at radius 1 is 1.44 bits per heavy atom. The number of hydrogen-bond donors (Lipinski definition) is 1. The number of carbonyl (C=O) groups is 1. The van der Waals surface area contributed by atoms with Crippen LogP contribution in [0.3, 0.4) is 0 Å². The van der Waals surface area contributed by atoms with Gasteiger partial charge < -0.3 is 0 Å². The summed E-state index contributed by atoms with van der Waals surface area (Å²) in [6.45, 7) is 0. The maximum Gasteiger partial charge on any atom is 0.275 e. The number of halogens is 1. The molecule has 0 spiro atoms. The summed E-state index contributed by atoms with van der Waals surface area (Å²) < 4.78 is 0. The van der Waals surface area contributed by atoms with Crippen LogP contribution in [0, 0.1) is 0 Å². The third-order valence-corrected chi connectivity index (χ3v) is 2.99. The van der Waals surface area contributed by atoms with E-state index in [2.05, 4.69) is 10.3 Å². The molecule has 0 unspecified atom stereocenters. The van der Waals surface area contributed by atoms with Gasteiger partial charge in [-0.2, -0.15) is 0 Å². The van der Waals surface area contributed by atoms with Crippen LogP contribution in [0.15, 0.2) is 35.0 Å². The molecule has 1 aliphatic rings. The van der Waals surface area contributed by atoms with Crippen molar-refractivity contribution in [2.45, 2.75) is 0 Å². The highest BCUT2D eigenvalue weighted by Crippen LogP contribution is 2.20. The fourth-order valence-corrected chi connectivity index (χ4v) is 1.86. The van der Waals surface area contributed by atoms with Crippen LogP contribution >= 0.6 is 23.4 Å². The van der Waals surface area contributed by atoms with Crippen LogP contribution in [0.1, 0.15) is 5.56 Å². The van der Waals surface area contributed by atoms with Crippen LogP contribution in [0.2, 0.25) is 5.02 Å². The second-order valence-electron chi connectivity index (χ2n) is 3.13. The average molecular weight is 253 g/mol. The molecule has 0 bridgehead atoms. The summed E-state index contributed by atoms with van der Waals surface area (Å²) in [5.41, 5.74) is 1.18. The van der Waals surface area contributed by atoms with Crippen LogP contribution in [0.5, 0.6) is 0 Å². The Kier molecular flexibility index (Phi) is 3.31. The molecule has 1 heterocycles. The lowest BCUT2D eigenvalue weighted by molar-refractivity contribution is -0.115. The van der Waals surface area contributed by atoms with Crippen LogP contribution in [-0.2, 0) is 4.79 Å². The topological polar surface area (TPSA) is 41.5 Å². The fraction of sp³-hybridized carbons (Fsp3) is 0.0909. The summed E-state index contributed by atoms with van der Waals surface area (Å²) >= 11 is 7.39. The minimum Gasteiger partial charge on any atom is -0.300 e. The molecule has 0 atom stereocenters. The van der Waals surface area contributed by atoms with E-state index in [0.29, 0.717) is 15.9 Å². The quantitative estimate of drug-likeness (QED) is 0.781. The van der Waals surface area contributed by atoms with Crippen molar-refractivity contribution in [2.24, 2.45) is 4.99 Å². The zero-order chi connectivity index (χ0) is 11.5. The molecule has 0 fully saturated rings. The molecule has 1 amide bonds. The van der Waals surface area contributed by atoms with Gasteiger partial charge in [0.2, 0.25) is 0 Å². The smallest absolute Gasteiger partial charge is 0.275 e. The molecule has 3 nitrogen and oxygen atoms in total. The van der Waals surface area contributed by atoms with Crippen molar-refractivity contribution in [1.29, 1.82) is 0 Å². The Balaban J connectivity index is 2.35. The normalized spacial score (nSPS) is 17.5. The lowest BCUT2D eigenvalue weighted by Crippen LogP contribution is -2.21. The fourth-order valence-electron chi connectivity index (χ4n) is 1.28. The standard InChI is InChI=1S/C11H9ClN2OS/c1-16-11-13-9(10(15)14-11)6-7-4-2-3-5-8(7)12/h2-6H,1H3,(H,13,14,15). The third-order valence-electron chi connectivity index (χ3n) is 2.07. The lowest BCUT2D eigenvalue weighted by Gasteiger charge is -1.97. The van der Waals surface area contributed by atoms with Crippen LogP contribution < -0.4 is 5.32 Å². The molecule has 2 rings (SSSR count).